The molecule has 1 aromatic rings. The van der Waals surface area contributed by atoms with Gasteiger partial charge in [-0.05, 0) is 6.07 Å². The average molecular weight is 241 g/mol. The average Bonchev–Trinajstić information content (AvgIpc) is 2.35. The van der Waals surface area contributed by atoms with Gasteiger partial charge in [0.15, 0.2) is 6.10 Å². The van der Waals surface area contributed by atoms with Crippen LogP contribution in [0.1, 0.15) is 10.4 Å². The fourth-order valence-electron chi connectivity index (χ4n) is 0.998. The van der Waals surface area contributed by atoms with Gasteiger partial charge in [0.05, 0.1) is 19.2 Å². The van der Waals surface area contributed by atoms with Gasteiger partial charge in [0.1, 0.15) is 6.26 Å². The minimum absolute atomic E-state index is 0.113. The number of amides is 1. The fourth-order valence-corrected chi connectivity index (χ4v) is 0.998. The van der Waals surface area contributed by atoms with E-state index in [0.717, 1.165) is 19.4 Å². The maximum Gasteiger partial charge on any atom is 0.336 e. The van der Waals surface area contributed by atoms with Gasteiger partial charge in [0.2, 0.25) is 0 Å². The highest BCUT2D eigenvalue weighted by Crippen LogP contribution is 1.95. The van der Waals surface area contributed by atoms with Crippen LogP contribution in [-0.4, -0.2) is 36.7 Å². The highest BCUT2D eigenvalue weighted by Gasteiger charge is 2.16. The minimum Gasteiger partial charge on any atom is -0.467 e. The maximum absolute atomic E-state index is 11.4. The summed E-state index contributed by atoms with van der Waals surface area (Å²) >= 11 is 0. The summed E-state index contributed by atoms with van der Waals surface area (Å²) in [6, 6.07) is 2.36. The Labute approximate surface area is 96.0 Å². The zero-order valence-corrected chi connectivity index (χ0v) is 9.00. The predicted octanol–water partition coefficient (Wildman–Crippen LogP) is -1.10. The van der Waals surface area contributed by atoms with Crippen LogP contribution in [0, 0.1) is 0 Å². The molecule has 0 radical (unpaired) electrons. The van der Waals surface area contributed by atoms with Crippen molar-refractivity contribution in [3.63, 3.8) is 0 Å². The van der Waals surface area contributed by atoms with E-state index in [1.165, 1.54) is 6.07 Å². The topological polar surface area (TPSA) is 106 Å². The number of carbonyl (C=O) groups is 2. The predicted molar refractivity (Wildman–Crippen MR) is 55.3 cm³/mol. The molecule has 17 heavy (non-hydrogen) atoms. The third-order valence-corrected chi connectivity index (χ3v) is 1.89. The van der Waals surface area contributed by atoms with E-state index in [4.69, 9.17) is 0 Å². The first-order valence-corrected chi connectivity index (χ1v) is 4.67. The van der Waals surface area contributed by atoms with Crippen LogP contribution >= 0.6 is 0 Å². The van der Waals surface area contributed by atoms with E-state index in [0.29, 0.717) is 0 Å². The summed E-state index contributed by atoms with van der Waals surface area (Å²) in [5.41, 5.74) is -0.460. The van der Waals surface area contributed by atoms with Crippen LogP contribution in [0.4, 0.5) is 0 Å². The van der Waals surface area contributed by atoms with Gasteiger partial charge in [-0.15, -0.1) is 0 Å². The first-order chi connectivity index (χ1) is 8.04. The van der Waals surface area contributed by atoms with Crippen LogP contribution in [0.15, 0.2) is 27.6 Å². The van der Waals surface area contributed by atoms with Crippen LogP contribution in [0.5, 0.6) is 0 Å². The summed E-state index contributed by atoms with van der Waals surface area (Å²) in [4.78, 5) is 32.9. The molecule has 0 aliphatic rings. The quantitative estimate of drug-likeness (QED) is 0.648. The smallest absolute Gasteiger partial charge is 0.336 e. The molecule has 1 unspecified atom stereocenters. The van der Waals surface area contributed by atoms with E-state index in [1.54, 1.807) is 0 Å². The molecule has 0 saturated heterocycles. The summed E-state index contributed by atoms with van der Waals surface area (Å²) in [7, 11) is 1.12. The molecule has 0 spiro atoms. The Morgan fingerprint density at radius 3 is 2.76 bits per heavy atom. The fraction of sp³-hybridized carbons (Fsp3) is 0.300. The lowest BCUT2D eigenvalue weighted by Gasteiger charge is -2.09. The van der Waals surface area contributed by atoms with E-state index in [9.17, 15) is 19.5 Å². The molecule has 1 atom stereocenters. The highest BCUT2D eigenvalue weighted by molar-refractivity contribution is 5.93. The van der Waals surface area contributed by atoms with Gasteiger partial charge < -0.3 is 19.6 Å². The van der Waals surface area contributed by atoms with E-state index in [2.05, 4.69) is 14.5 Å². The second-order valence-electron chi connectivity index (χ2n) is 3.09. The van der Waals surface area contributed by atoms with Crippen molar-refractivity contribution in [2.45, 2.75) is 6.10 Å². The minimum atomic E-state index is -1.43. The van der Waals surface area contributed by atoms with Crippen LogP contribution in [-0.2, 0) is 9.53 Å². The zero-order valence-electron chi connectivity index (χ0n) is 9.00. The standard InChI is InChI=1S/C10H11NO6/c1-16-10(15)7(12)4-11-9(14)6-2-3-8(13)17-5-6/h2-3,5,7,12H,4H2,1H3,(H,11,14). The second kappa shape index (κ2) is 5.80. The Morgan fingerprint density at radius 1 is 1.53 bits per heavy atom. The number of hydrogen-bond donors (Lipinski definition) is 2. The van der Waals surface area contributed by atoms with E-state index >= 15 is 0 Å². The van der Waals surface area contributed by atoms with Crippen LogP contribution in [0.25, 0.3) is 0 Å². The molecule has 0 aromatic carbocycles. The van der Waals surface area contributed by atoms with Crippen molar-refractivity contribution in [1.29, 1.82) is 0 Å². The highest BCUT2D eigenvalue weighted by atomic mass is 16.5. The maximum atomic E-state index is 11.4. The lowest BCUT2D eigenvalue weighted by Crippen LogP contribution is -2.37. The van der Waals surface area contributed by atoms with Crippen molar-refractivity contribution in [3.8, 4) is 0 Å². The molecule has 0 aliphatic heterocycles. The molecule has 7 nitrogen and oxygen atoms in total. The van der Waals surface area contributed by atoms with Crippen LogP contribution in [0.2, 0.25) is 0 Å². The van der Waals surface area contributed by atoms with Crippen molar-refractivity contribution in [2.75, 3.05) is 13.7 Å². The number of nitrogens with one attached hydrogen (secondary N) is 1. The summed E-state index contributed by atoms with van der Waals surface area (Å²) in [6.45, 7) is -0.287. The largest absolute Gasteiger partial charge is 0.467 e. The van der Waals surface area contributed by atoms with E-state index in [-0.39, 0.29) is 12.1 Å². The monoisotopic (exact) mass is 241 g/mol. The summed E-state index contributed by atoms with van der Waals surface area (Å²) in [5.74, 6) is -1.42. The summed E-state index contributed by atoms with van der Waals surface area (Å²) < 4.78 is 8.75. The summed E-state index contributed by atoms with van der Waals surface area (Å²) in [6.07, 6.45) is -0.443. The lowest BCUT2D eigenvalue weighted by atomic mass is 10.2. The Kier molecular flexibility index (Phi) is 4.41. The normalized spacial score (nSPS) is 11.6. The van der Waals surface area contributed by atoms with E-state index in [1.807, 2.05) is 0 Å². The van der Waals surface area contributed by atoms with Gasteiger partial charge in [-0.2, -0.15) is 0 Å². The summed E-state index contributed by atoms with van der Waals surface area (Å²) in [5, 5.41) is 11.5. The molecule has 2 N–H and O–H groups in total. The molecule has 1 heterocycles. The number of rotatable bonds is 4. The van der Waals surface area contributed by atoms with Gasteiger partial charge in [-0.25, -0.2) is 9.59 Å². The van der Waals surface area contributed by atoms with Gasteiger partial charge in [-0.3, -0.25) is 4.79 Å². The Bertz CT molecular complexity index is 446. The molecular formula is C10H11NO6. The SMILES string of the molecule is COC(=O)C(O)CNC(=O)c1ccc(=O)oc1. The second-order valence-corrected chi connectivity index (χ2v) is 3.09. The van der Waals surface area contributed by atoms with Crippen LogP contribution < -0.4 is 10.9 Å². The molecular weight excluding hydrogens is 230 g/mol. The number of aliphatic hydroxyl groups is 1. The van der Waals surface area contributed by atoms with Crippen molar-refractivity contribution in [3.05, 3.63) is 34.4 Å². The third-order valence-electron chi connectivity index (χ3n) is 1.89. The molecule has 0 saturated carbocycles. The number of esters is 1. The van der Waals surface area contributed by atoms with Crippen molar-refractivity contribution < 1.29 is 23.8 Å². The Balaban J connectivity index is 2.53. The van der Waals surface area contributed by atoms with Crippen molar-refractivity contribution in [1.82, 2.24) is 5.32 Å². The molecule has 7 heteroatoms. The molecule has 1 aromatic heterocycles. The van der Waals surface area contributed by atoms with Crippen molar-refractivity contribution >= 4 is 11.9 Å². The molecule has 0 aliphatic carbocycles. The van der Waals surface area contributed by atoms with Gasteiger partial charge in [-0.1, -0.05) is 0 Å². The molecule has 0 fully saturated rings. The first kappa shape index (κ1) is 12.9. The number of hydrogen-bond acceptors (Lipinski definition) is 6. The van der Waals surface area contributed by atoms with Gasteiger partial charge in [0.25, 0.3) is 5.91 Å². The van der Waals surface area contributed by atoms with E-state index < -0.39 is 23.6 Å². The van der Waals surface area contributed by atoms with Crippen LogP contribution in [0.3, 0.4) is 0 Å². The molecule has 1 rings (SSSR count). The Hall–Kier alpha value is -2.15. The molecule has 0 bridgehead atoms. The number of aliphatic hydroxyl groups excluding tert-OH is 1. The zero-order chi connectivity index (χ0) is 12.8. The van der Waals surface area contributed by atoms with Crippen molar-refractivity contribution in [2.24, 2.45) is 0 Å². The number of methoxy groups -OCH3 is 1. The number of carbonyl (C=O) groups excluding carboxylic acids is 2. The number of ether oxygens (including phenoxy) is 1. The third kappa shape index (κ3) is 3.72. The van der Waals surface area contributed by atoms with Gasteiger partial charge >= 0.3 is 11.6 Å². The van der Waals surface area contributed by atoms with Gasteiger partial charge in [0, 0.05) is 6.07 Å². The first-order valence-electron chi connectivity index (χ1n) is 4.67. The molecule has 1 amide bonds. The lowest BCUT2D eigenvalue weighted by molar-refractivity contribution is -0.149. The Morgan fingerprint density at radius 2 is 2.24 bits per heavy atom. The molecule has 92 valence electrons.